The van der Waals surface area contributed by atoms with E-state index in [1.54, 1.807) is 48.3 Å². The summed E-state index contributed by atoms with van der Waals surface area (Å²) in [5, 5.41) is 2.75. The molecule has 1 aliphatic heterocycles. The lowest BCUT2D eigenvalue weighted by Gasteiger charge is -2.12. The van der Waals surface area contributed by atoms with Crippen LogP contribution >= 0.6 is 0 Å². The maximum Gasteiger partial charge on any atom is 0.261 e. The zero-order valence-electron chi connectivity index (χ0n) is 17.8. The summed E-state index contributed by atoms with van der Waals surface area (Å²) in [5.41, 5.74) is 1.79. The van der Waals surface area contributed by atoms with Crippen LogP contribution in [0.3, 0.4) is 0 Å². The van der Waals surface area contributed by atoms with Gasteiger partial charge in [0.05, 0.1) is 11.1 Å². The van der Waals surface area contributed by atoms with E-state index in [4.69, 9.17) is 0 Å². The Bertz CT molecular complexity index is 1230. The Morgan fingerprint density at radius 1 is 0.969 bits per heavy atom. The second-order valence-corrected chi connectivity index (χ2v) is 7.60. The van der Waals surface area contributed by atoms with Gasteiger partial charge in [0, 0.05) is 42.8 Å². The molecule has 0 unspecified atom stereocenters. The van der Waals surface area contributed by atoms with Crippen LogP contribution in [0.5, 0.6) is 0 Å². The second kappa shape index (κ2) is 8.58. The van der Waals surface area contributed by atoms with Crippen molar-refractivity contribution in [3.8, 4) is 0 Å². The molecule has 0 aliphatic carbocycles. The van der Waals surface area contributed by atoms with Crippen molar-refractivity contribution in [2.45, 2.75) is 19.8 Å². The predicted molar refractivity (Wildman–Crippen MR) is 118 cm³/mol. The summed E-state index contributed by atoms with van der Waals surface area (Å²) >= 11 is 0. The number of imidazole rings is 1. The van der Waals surface area contributed by atoms with Crippen molar-refractivity contribution in [2.75, 3.05) is 11.9 Å². The van der Waals surface area contributed by atoms with Gasteiger partial charge in [-0.05, 0) is 48.9 Å². The number of hydrogen-bond donors (Lipinski definition) is 1. The van der Waals surface area contributed by atoms with E-state index in [0.29, 0.717) is 29.2 Å². The molecular weight excluding hydrogens is 408 g/mol. The highest BCUT2D eigenvalue weighted by molar-refractivity contribution is 6.22. The first kappa shape index (κ1) is 21.2. The van der Waals surface area contributed by atoms with E-state index >= 15 is 0 Å². The van der Waals surface area contributed by atoms with Gasteiger partial charge in [-0.15, -0.1) is 0 Å². The van der Waals surface area contributed by atoms with Gasteiger partial charge in [-0.1, -0.05) is 13.3 Å². The summed E-state index contributed by atoms with van der Waals surface area (Å²) in [6.45, 7) is 2.36. The van der Waals surface area contributed by atoms with Gasteiger partial charge in [0.1, 0.15) is 0 Å². The average molecular weight is 430 g/mol. The smallest absolute Gasteiger partial charge is 0.261 e. The first-order valence-corrected chi connectivity index (χ1v) is 10.3. The van der Waals surface area contributed by atoms with Gasteiger partial charge in [0.15, 0.2) is 5.82 Å². The normalized spacial score (nSPS) is 12.8. The lowest BCUT2D eigenvalue weighted by Crippen LogP contribution is -2.30. The molecule has 0 saturated heterocycles. The number of aryl methyl sites for hydroxylation is 1. The standard InChI is InChI=1S/C24H22N4O4/c1-3-4-12-28-23(31)18-10-7-16(14-19(18)24(28)32)22(30)26-17-8-5-15(6-9-17)20(29)21-25-11-13-27(21)2/h5-11,13-14H,3-4,12H2,1-2H3,(H,26,30). The average Bonchev–Trinajstić information content (AvgIpc) is 3.33. The zero-order valence-corrected chi connectivity index (χ0v) is 17.8. The largest absolute Gasteiger partial charge is 0.331 e. The van der Waals surface area contributed by atoms with Crippen LogP contribution in [0, 0.1) is 0 Å². The lowest BCUT2D eigenvalue weighted by atomic mass is 10.0. The van der Waals surface area contributed by atoms with Gasteiger partial charge in [0.2, 0.25) is 5.78 Å². The molecule has 3 amide bonds. The van der Waals surface area contributed by atoms with Gasteiger partial charge >= 0.3 is 0 Å². The minimum Gasteiger partial charge on any atom is -0.331 e. The number of carbonyl (C=O) groups is 4. The number of aromatic nitrogens is 2. The summed E-state index contributed by atoms with van der Waals surface area (Å²) in [7, 11) is 1.74. The molecule has 0 spiro atoms. The van der Waals surface area contributed by atoms with Crippen LogP contribution in [0.4, 0.5) is 5.69 Å². The van der Waals surface area contributed by atoms with E-state index < -0.39 is 5.91 Å². The van der Waals surface area contributed by atoms with Gasteiger partial charge in [0.25, 0.3) is 17.7 Å². The van der Waals surface area contributed by atoms with E-state index in [1.165, 1.54) is 23.1 Å². The van der Waals surface area contributed by atoms with Crippen molar-refractivity contribution in [3.05, 3.63) is 82.9 Å². The number of anilines is 1. The van der Waals surface area contributed by atoms with Crippen molar-refractivity contribution >= 4 is 29.2 Å². The second-order valence-electron chi connectivity index (χ2n) is 7.60. The number of hydrogen-bond acceptors (Lipinski definition) is 5. The fourth-order valence-electron chi connectivity index (χ4n) is 3.57. The maximum atomic E-state index is 12.7. The molecule has 0 atom stereocenters. The molecule has 1 aromatic heterocycles. The SMILES string of the molecule is CCCCN1C(=O)c2ccc(C(=O)Nc3ccc(C(=O)c4nccn4C)cc3)cc2C1=O. The van der Waals surface area contributed by atoms with E-state index in [1.807, 2.05) is 6.92 Å². The Balaban J connectivity index is 1.48. The van der Waals surface area contributed by atoms with Crippen molar-refractivity contribution in [3.63, 3.8) is 0 Å². The molecule has 4 rings (SSSR count). The molecule has 162 valence electrons. The first-order valence-electron chi connectivity index (χ1n) is 10.3. The predicted octanol–water partition coefficient (Wildman–Crippen LogP) is 3.30. The van der Waals surface area contributed by atoms with Crippen molar-refractivity contribution in [1.29, 1.82) is 0 Å². The Kier molecular flexibility index (Phi) is 5.68. The fourth-order valence-corrected chi connectivity index (χ4v) is 3.57. The quantitative estimate of drug-likeness (QED) is 0.458. The van der Waals surface area contributed by atoms with Crippen LogP contribution in [0.15, 0.2) is 54.9 Å². The number of unbranched alkanes of at least 4 members (excludes halogenated alkanes) is 1. The van der Waals surface area contributed by atoms with Gasteiger partial charge in [-0.3, -0.25) is 24.1 Å². The maximum absolute atomic E-state index is 12.7. The molecule has 0 bridgehead atoms. The lowest BCUT2D eigenvalue weighted by molar-refractivity contribution is 0.0652. The highest BCUT2D eigenvalue weighted by atomic mass is 16.2. The molecule has 0 saturated carbocycles. The van der Waals surface area contributed by atoms with Gasteiger partial charge < -0.3 is 9.88 Å². The highest BCUT2D eigenvalue weighted by Crippen LogP contribution is 2.25. The number of ketones is 1. The van der Waals surface area contributed by atoms with Gasteiger partial charge in [-0.25, -0.2) is 4.98 Å². The molecule has 2 heterocycles. The number of benzene rings is 2. The topological polar surface area (TPSA) is 101 Å². The van der Waals surface area contributed by atoms with Crippen LogP contribution in [-0.4, -0.2) is 44.5 Å². The fraction of sp³-hybridized carbons (Fsp3) is 0.208. The molecule has 8 nitrogen and oxygen atoms in total. The van der Waals surface area contributed by atoms with E-state index in [2.05, 4.69) is 10.3 Å². The van der Waals surface area contributed by atoms with Crippen molar-refractivity contribution in [1.82, 2.24) is 14.5 Å². The Morgan fingerprint density at radius 3 is 2.31 bits per heavy atom. The molecule has 1 N–H and O–H groups in total. The molecule has 1 aliphatic rings. The number of nitrogens with zero attached hydrogens (tertiary/aromatic N) is 3. The third-order valence-corrected chi connectivity index (χ3v) is 5.40. The molecular formula is C24H22N4O4. The van der Waals surface area contributed by atoms with E-state index in [-0.39, 0.29) is 28.7 Å². The molecule has 8 heteroatoms. The van der Waals surface area contributed by atoms with Crippen LogP contribution in [0.1, 0.15) is 67.0 Å². The monoisotopic (exact) mass is 430 g/mol. The zero-order chi connectivity index (χ0) is 22.8. The van der Waals surface area contributed by atoms with Gasteiger partial charge in [-0.2, -0.15) is 0 Å². The third kappa shape index (κ3) is 3.82. The summed E-state index contributed by atoms with van der Waals surface area (Å²) in [6.07, 6.45) is 4.85. The molecule has 2 aromatic carbocycles. The number of fused-ring (bicyclic) bond motifs is 1. The molecule has 3 aromatic rings. The number of carbonyl (C=O) groups excluding carboxylic acids is 4. The summed E-state index contributed by atoms with van der Waals surface area (Å²) in [6, 6.07) is 11.0. The Morgan fingerprint density at radius 2 is 1.66 bits per heavy atom. The molecule has 0 radical (unpaired) electrons. The van der Waals surface area contributed by atoms with Crippen molar-refractivity contribution < 1.29 is 19.2 Å². The summed E-state index contributed by atoms with van der Waals surface area (Å²) in [4.78, 5) is 55.5. The minimum atomic E-state index is -0.414. The third-order valence-electron chi connectivity index (χ3n) is 5.40. The first-order chi connectivity index (χ1) is 15.4. The Hall–Kier alpha value is -4.07. The van der Waals surface area contributed by atoms with Crippen molar-refractivity contribution in [2.24, 2.45) is 7.05 Å². The number of rotatable bonds is 7. The molecule has 0 fully saturated rings. The number of imide groups is 1. The van der Waals surface area contributed by atoms with Crippen LogP contribution in [-0.2, 0) is 7.05 Å². The van der Waals surface area contributed by atoms with E-state index in [9.17, 15) is 19.2 Å². The van der Waals surface area contributed by atoms with Crippen LogP contribution in [0.25, 0.3) is 0 Å². The van der Waals surface area contributed by atoms with Crippen LogP contribution < -0.4 is 5.32 Å². The van der Waals surface area contributed by atoms with Crippen LogP contribution in [0.2, 0.25) is 0 Å². The number of amides is 3. The molecule has 32 heavy (non-hydrogen) atoms. The minimum absolute atomic E-state index is 0.218. The highest BCUT2D eigenvalue weighted by Gasteiger charge is 2.35. The van der Waals surface area contributed by atoms with E-state index in [0.717, 1.165) is 12.8 Å². The number of nitrogens with one attached hydrogen (secondary N) is 1. The Labute approximate surface area is 184 Å². The summed E-state index contributed by atoms with van der Waals surface area (Å²) in [5.74, 6) is -0.996. The summed E-state index contributed by atoms with van der Waals surface area (Å²) < 4.78 is 1.64.